The largest absolute Gasteiger partial charge is 0.330 e. The van der Waals surface area contributed by atoms with Crippen molar-refractivity contribution in [1.29, 1.82) is 0 Å². The van der Waals surface area contributed by atoms with E-state index in [-0.39, 0.29) is 17.7 Å². The van der Waals surface area contributed by atoms with E-state index in [1.807, 2.05) is 6.92 Å². The summed E-state index contributed by atoms with van der Waals surface area (Å²) in [7, 11) is 0. The minimum atomic E-state index is 0.0608. The molecule has 0 radical (unpaired) electrons. The second-order valence-corrected chi connectivity index (χ2v) is 6.57. The van der Waals surface area contributed by atoms with Crippen LogP contribution >= 0.6 is 0 Å². The van der Waals surface area contributed by atoms with Crippen LogP contribution in [0.5, 0.6) is 0 Å². The van der Waals surface area contributed by atoms with Crippen LogP contribution in [-0.4, -0.2) is 24.3 Å². The summed E-state index contributed by atoms with van der Waals surface area (Å²) in [5.74, 6) is 0.596. The summed E-state index contributed by atoms with van der Waals surface area (Å²) in [5.41, 5.74) is 17.5. The van der Waals surface area contributed by atoms with Crippen LogP contribution < -0.4 is 22.5 Å². The molecule has 0 spiro atoms. The zero-order chi connectivity index (χ0) is 14.9. The first-order valence-electron chi connectivity index (χ1n) is 7.78. The van der Waals surface area contributed by atoms with Gasteiger partial charge in [0.2, 0.25) is 0 Å². The molecule has 0 saturated heterocycles. The van der Waals surface area contributed by atoms with Crippen molar-refractivity contribution >= 4 is 0 Å². The predicted octanol–water partition coefficient (Wildman–Crippen LogP) is 1.92. The number of nitrogens with two attached hydrogens (primary N) is 3. The van der Waals surface area contributed by atoms with E-state index < -0.39 is 0 Å². The quantitative estimate of drug-likeness (QED) is 0.342. The SMILES string of the molecule is CC(N)CCCC(N)NC(C)(C)C(C)CCCCN. The molecule has 0 aromatic rings. The molecule has 19 heavy (non-hydrogen) atoms. The van der Waals surface area contributed by atoms with Gasteiger partial charge in [-0.15, -0.1) is 0 Å². The van der Waals surface area contributed by atoms with Gasteiger partial charge in [0.1, 0.15) is 0 Å². The second-order valence-electron chi connectivity index (χ2n) is 6.57. The van der Waals surface area contributed by atoms with Crippen LogP contribution in [0.25, 0.3) is 0 Å². The summed E-state index contributed by atoms with van der Waals surface area (Å²) in [6, 6.07) is 0.274. The van der Waals surface area contributed by atoms with E-state index in [2.05, 4.69) is 26.1 Å². The topological polar surface area (TPSA) is 90.1 Å². The van der Waals surface area contributed by atoms with Crippen LogP contribution in [-0.2, 0) is 0 Å². The smallest absolute Gasteiger partial charge is 0.0550 e. The third-order valence-corrected chi connectivity index (χ3v) is 4.06. The fraction of sp³-hybridized carbons (Fsp3) is 1.00. The van der Waals surface area contributed by atoms with Crippen molar-refractivity contribution in [3.8, 4) is 0 Å². The Kier molecular flexibility index (Phi) is 9.62. The van der Waals surface area contributed by atoms with Gasteiger partial charge in [0, 0.05) is 11.6 Å². The molecule has 7 N–H and O–H groups in total. The van der Waals surface area contributed by atoms with Gasteiger partial charge in [-0.25, -0.2) is 0 Å². The van der Waals surface area contributed by atoms with E-state index in [9.17, 15) is 0 Å². The summed E-state index contributed by atoms with van der Waals surface area (Å²) in [6.45, 7) is 9.61. The van der Waals surface area contributed by atoms with Crippen LogP contribution in [0.15, 0.2) is 0 Å². The molecule has 116 valence electrons. The summed E-state index contributed by atoms with van der Waals surface area (Å²) < 4.78 is 0. The van der Waals surface area contributed by atoms with Crippen molar-refractivity contribution in [2.45, 2.75) is 84.0 Å². The van der Waals surface area contributed by atoms with Crippen molar-refractivity contribution in [2.24, 2.45) is 23.1 Å². The van der Waals surface area contributed by atoms with Crippen molar-refractivity contribution in [3.63, 3.8) is 0 Å². The maximum Gasteiger partial charge on any atom is 0.0550 e. The minimum Gasteiger partial charge on any atom is -0.330 e. The fourth-order valence-corrected chi connectivity index (χ4v) is 2.31. The highest BCUT2D eigenvalue weighted by molar-refractivity contribution is 4.85. The maximum absolute atomic E-state index is 6.17. The zero-order valence-corrected chi connectivity index (χ0v) is 13.4. The zero-order valence-electron chi connectivity index (χ0n) is 13.4. The van der Waals surface area contributed by atoms with Gasteiger partial charge in [0.15, 0.2) is 0 Å². The minimum absolute atomic E-state index is 0.0608. The number of rotatable bonds is 11. The molecule has 0 aromatic carbocycles. The van der Waals surface area contributed by atoms with Gasteiger partial charge >= 0.3 is 0 Å². The normalized spacial score (nSPS) is 17.2. The number of hydrogen-bond acceptors (Lipinski definition) is 4. The molecule has 3 unspecified atom stereocenters. The van der Waals surface area contributed by atoms with Crippen LogP contribution in [0.3, 0.4) is 0 Å². The van der Waals surface area contributed by atoms with Gasteiger partial charge in [-0.2, -0.15) is 0 Å². The molecule has 3 atom stereocenters. The molecule has 0 aliphatic rings. The van der Waals surface area contributed by atoms with Gasteiger partial charge < -0.3 is 17.2 Å². The van der Waals surface area contributed by atoms with Crippen molar-refractivity contribution < 1.29 is 0 Å². The molecule has 0 rings (SSSR count). The van der Waals surface area contributed by atoms with Crippen molar-refractivity contribution in [2.75, 3.05) is 6.54 Å². The first-order valence-corrected chi connectivity index (χ1v) is 7.78. The third kappa shape index (κ3) is 9.38. The summed E-state index contributed by atoms with van der Waals surface area (Å²) in [4.78, 5) is 0. The lowest BCUT2D eigenvalue weighted by atomic mass is 9.84. The standard InChI is InChI=1S/C15H36N4/c1-12(8-5-6-11-16)15(3,4)19-14(18)10-7-9-13(2)17/h12-14,19H,5-11,16-18H2,1-4H3. The summed E-state index contributed by atoms with van der Waals surface area (Å²) in [5, 5.41) is 3.56. The lowest BCUT2D eigenvalue weighted by molar-refractivity contribution is 0.220. The fourth-order valence-electron chi connectivity index (χ4n) is 2.31. The van der Waals surface area contributed by atoms with Gasteiger partial charge in [-0.1, -0.05) is 13.3 Å². The lowest BCUT2D eigenvalue weighted by Gasteiger charge is -2.36. The van der Waals surface area contributed by atoms with Crippen LogP contribution in [0.1, 0.15) is 66.2 Å². The lowest BCUT2D eigenvalue weighted by Crippen LogP contribution is -2.53. The van der Waals surface area contributed by atoms with E-state index in [0.29, 0.717) is 5.92 Å². The van der Waals surface area contributed by atoms with Gasteiger partial charge in [0.05, 0.1) is 6.17 Å². The molecular weight excluding hydrogens is 236 g/mol. The summed E-state index contributed by atoms with van der Waals surface area (Å²) >= 11 is 0. The van der Waals surface area contributed by atoms with E-state index >= 15 is 0 Å². The highest BCUT2D eigenvalue weighted by Gasteiger charge is 2.26. The predicted molar refractivity (Wildman–Crippen MR) is 84.8 cm³/mol. The van der Waals surface area contributed by atoms with E-state index in [0.717, 1.165) is 32.2 Å². The molecule has 0 aromatic heterocycles. The molecule has 0 aliphatic heterocycles. The van der Waals surface area contributed by atoms with Gasteiger partial charge in [-0.3, -0.25) is 5.32 Å². The Morgan fingerprint density at radius 3 is 2.11 bits per heavy atom. The van der Waals surface area contributed by atoms with E-state index in [1.54, 1.807) is 0 Å². The molecule has 0 aliphatic carbocycles. The van der Waals surface area contributed by atoms with E-state index in [4.69, 9.17) is 17.2 Å². The Labute approximate surface area is 119 Å². The summed E-state index contributed by atoms with van der Waals surface area (Å²) in [6.07, 6.45) is 6.68. The van der Waals surface area contributed by atoms with E-state index in [1.165, 1.54) is 12.8 Å². The second kappa shape index (κ2) is 9.70. The number of nitrogens with one attached hydrogen (secondary N) is 1. The Morgan fingerprint density at radius 2 is 1.58 bits per heavy atom. The number of unbranched alkanes of at least 4 members (excludes halogenated alkanes) is 1. The van der Waals surface area contributed by atoms with Crippen LogP contribution in [0, 0.1) is 5.92 Å². The van der Waals surface area contributed by atoms with Gasteiger partial charge in [0.25, 0.3) is 0 Å². The molecule has 4 heteroatoms. The molecule has 0 bridgehead atoms. The molecule has 0 fully saturated rings. The van der Waals surface area contributed by atoms with Crippen molar-refractivity contribution in [3.05, 3.63) is 0 Å². The van der Waals surface area contributed by atoms with Gasteiger partial charge in [-0.05, 0) is 65.3 Å². The highest BCUT2D eigenvalue weighted by atomic mass is 15.1. The molecule has 0 amide bonds. The highest BCUT2D eigenvalue weighted by Crippen LogP contribution is 2.22. The number of hydrogen-bond donors (Lipinski definition) is 4. The Morgan fingerprint density at radius 1 is 0.947 bits per heavy atom. The molecular formula is C15H36N4. The Bertz CT molecular complexity index is 216. The Balaban J connectivity index is 3.97. The maximum atomic E-state index is 6.17. The average molecular weight is 272 g/mol. The Hall–Kier alpha value is -0.160. The van der Waals surface area contributed by atoms with Crippen molar-refractivity contribution in [1.82, 2.24) is 5.32 Å². The first kappa shape index (κ1) is 18.8. The molecule has 0 heterocycles. The average Bonchev–Trinajstić information content (AvgIpc) is 2.27. The third-order valence-electron chi connectivity index (χ3n) is 4.06. The molecule has 0 saturated carbocycles. The first-order chi connectivity index (χ1) is 8.79. The monoisotopic (exact) mass is 272 g/mol. The van der Waals surface area contributed by atoms with Crippen LogP contribution in [0.2, 0.25) is 0 Å². The molecule has 4 nitrogen and oxygen atoms in total. The van der Waals surface area contributed by atoms with Crippen LogP contribution in [0.4, 0.5) is 0 Å².